The Labute approximate surface area is 117 Å². The van der Waals surface area contributed by atoms with E-state index >= 15 is 0 Å². The Morgan fingerprint density at radius 1 is 1.30 bits per heavy atom. The number of fused-ring (bicyclic) bond motifs is 1. The molecule has 0 saturated carbocycles. The van der Waals surface area contributed by atoms with Crippen LogP contribution in [0.4, 0.5) is 13.2 Å². The molecule has 2 aromatic carbocycles. The van der Waals surface area contributed by atoms with Crippen molar-refractivity contribution in [1.82, 2.24) is 10.2 Å². The molecule has 0 aliphatic rings. The van der Waals surface area contributed by atoms with Crippen LogP contribution >= 0.6 is 11.6 Å². The van der Waals surface area contributed by atoms with E-state index in [1.54, 1.807) is 6.07 Å². The van der Waals surface area contributed by atoms with Gasteiger partial charge in [-0.05, 0) is 29.8 Å². The highest BCUT2D eigenvalue weighted by molar-refractivity contribution is 6.35. The number of halogens is 4. The predicted octanol–water partition coefficient (Wildman–Crippen LogP) is 4.76. The van der Waals surface area contributed by atoms with Crippen molar-refractivity contribution in [3.05, 3.63) is 52.9 Å². The Kier molecular flexibility index (Phi) is 3.14. The van der Waals surface area contributed by atoms with E-state index in [2.05, 4.69) is 16.3 Å². The Hall–Kier alpha value is -2.01. The third kappa shape index (κ3) is 2.04. The van der Waals surface area contributed by atoms with Crippen molar-refractivity contribution >= 4 is 22.5 Å². The van der Waals surface area contributed by atoms with Gasteiger partial charge < -0.3 is 0 Å². The molecule has 0 bridgehead atoms. The summed E-state index contributed by atoms with van der Waals surface area (Å²) in [6.45, 7) is 0. The van der Waals surface area contributed by atoms with Crippen LogP contribution in [0.2, 0.25) is 5.02 Å². The average molecular weight is 296 g/mol. The number of alkyl halides is 2. The number of hydrogen-bond acceptors (Lipinski definition) is 1. The summed E-state index contributed by atoms with van der Waals surface area (Å²) in [6, 6.07) is 8.03. The monoisotopic (exact) mass is 295 g/mol. The van der Waals surface area contributed by atoms with E-state index in [0.29, 0.717) is 21.5 Å². The number of aromatic amines is 1. The van der Waals surface area contributed by atoms with Crippen molar-refractivity contribution in [2.45, 2.75) is 6.43 Å². The number of nitrogens with one attached hydrogen (secondary N) is 1. The molecule has 0 aliphatic carbocycles. The number of H-pyrrole nitrogens is 1. The zero-order chi connectivity index (χ0) is 14.3. The second-order valence-corrected chi connectivity index (χ2v) is 4.62. The largest absolute Gasteiger partial charge is 0.276 e. The van der Waals surface area contributed by atoms with E-state index in [-0.39, 0.29) is 5.56 Å². The summed E-state index contributed by atoms with van der Waals surface area (Å²) in [4.78, 5) is 0. The van der Waals surface area contributed by atoms with Crippen molar-refractivity contribution in [2.24, 2.45) is 0 Å². The Morgan fingerprint density at radius 3 is 2.85 bits per heavy atom. The second kappa shape index (κ2) is 4.83. The van der Waals surface area contributed by atoms with E-state index in [1.165, 1.54) is 18.3 Å². The van der Waals surface area contributed by atoms with Gasteiger partial charge in [0.15, 0.2) is 0 Å². The third-order valence-electron chi connectivity index (χ3n) is 2.99. The fourth-order valence-corrected chi connectivity index (χ4v) is 2.30. The van der Waals surface area contributed by atoms with Gasteiger partial charge in [-0.25, -0.2) is 13.2 Å². The lowest BCUT2D eigenvalue weighted by Crippen LogP contribution is -1.94. The highest BCUT2D eigenvalue weighted by Crippen LogP contribution is 2.33. The minimum absolute atomic E-state index is 0.0344. The summed E-state index contributed by atoms with van der Waals surface area (Å²) in [5.41, 5.74) is 0.305. The maximum absolute atomic E-state index is 14.1. The molecular weight excluding hydrogens is 289 g/mol. The van der Waals surface area contributed by atoms with Gasteiger partial charge in [0, 0.05) is 10.9 Å². The van der Waals surface area contributed by atoms with Crippen molar-refractivity contribution in [1.29, 1.82) is 0 Å². The number of rotatable bonds is 2. The lowest BCUT2D eigenvalue weighted by atomic mass is 10.0. The minimum atomic E-state index is -2.88. The summed E-state index contributed by atoms with van der Waals surface area (Å²) >= 11 is 6.05. The molecule has 0 unspecified atom stereocenters. The summed E-state index contributed by atoms with van der Waals surface area (Å²) in [7, 11) is 0. The number of hydrogen-bond donors (Lipinski definition) is 1. The van der Waals surface area contributed by atoms with Crippen LogP contribution in [0.3, 0.4) is 0 Å². The van der Waals surface area contributed by atoms with Crippen LogP contribution in [0, 0.1) is 11.9 Å². The van der Waals surface area contributed by atoms with Crippen LogP contribution in [-0.2, 0) is 0 Å². The summed E-state index contributed by atoms with van der Waals surface area (Å²) < 4.78 is 39.5. The van der Waals surface area contributed by atoms with Crippen LogP contribution in [0.15, 0.2) is 30.5 Å². The zero-order valence-corrected chi connectivity index (χ0v) is 10.7. The maximum atomic E-state index is 14.1. The predicted molar refractivity (Wildman–Crippen MR) is 70.3 cm³/mol. The molecule has 1 aromatic heterocycles. The summed E-state index contributed by atoms with van der Waals surface area (Å²) in [5, 5.41) is 7.54. The number of aromatic nitrogens is 2. The molecule has 101 valence electrons. The molecule has 20 heavy (non-hydrogen) atoms. The first-order chi connectivity index (χ1) is 9.58. The van der Waals surface area contributed by atoms with Crippen LogP contribution < -0.4 is 0 Å². The van der Waals surface area contributed by atoms with Gasteiger partial charge in [-0.15, -0.1) is 0 Å². The topological polar surface area (TPSA) is 28.7 Å². The molecule has 0 fully saturated rings. The van der Waals surface area contributed by atoms with Crippen molar-refractivity contribution in [3.8, 4) is 11.1 Å². The van der Waals surface area contributed by atoms with Crippen LogP contribution in [0.25, 0.3) is 22.0 Å². The first-order valence-electron chi connectivity index (χ1n) is 5.69. The summed E-state index contributed by atoms with van der Waals surface area (Å²) in [5.74, 6) is -0.985. The SMILES string of the molecule is Fc1c(-c2cc(Cl)c3[nH]ncc3c2)[c]ccc1C(F)F. The molecule has 0 saturated heterocycles. The van der Waals surface area contributed by atoms with E-state index in [4.69, 9.17) is 11.6 Å². The molecule has 0 atom stereocenters. The molecule has 1 radical (unpaired) electrons. The molecule has 0 spiro atoms. The van der Waals surface area contributed by atoms with Gasteiger partial charge in [-0.2, -0.15) is 5.10 Å². The molecular formula is C14H7ClF3N2. The smallest absolute Gasteiger partial charge is 0.266 e. The highest BCUT2D eigenvalue weighted by Gasteiger charge is 2.18. The first kappa shape index (κ1) is 13.0. The van der Waals surface area contributed by atoms with Crippen molar-refractivity contribution in [2.75, 3.05) is 0 Å². The summed E-state index contributed by atoms with van der Waals surface area (Å²) in [6.07, 6.45) is -1.35. The lowest BCUT2D eigenvalue weighted by Gasteiger charge is -2.08. The minimum Gasteiger partial charge on any atom is -0.276 e. The quantitative estimate of drug-likeness (QED) is 0.725. The molecule has 0 aliphatic heterocycles. The zero-order valence-electron chi connectivity index (χ0n) is 9.92. The lowest BCUT2D eigenvalue weighted by molar-refractivity contribution is 0.146. The van der Waals surface area contributed by atoms with Crippen molar-refractivity contribution < 1.29 is 13.2 Å². The van der Waals surface area contributed by atoms with Gasteiger partial charge in [0.25, 0.3) is 6.43 Å². The van der Waals surface area contributed by atoms with Gasteiger partial charge >= 0.3 is 0 Å². The van der Waals surface area contributed by atoms with E-state index in [0.717, 1.165) is 6.07 Å². The normalized spacial score (nSPS) is 11.4. The van der Waals surface area contributed by atoms with E-state index in [9.17, 15) is 13.2 Å². The van der Waals surface area contributed by atoms with Crippen LogP contribution in [0.5, 0.6) is 0 Å². The van der Waals surface area contributed by atoms with Gasteiger partial charge in [-0.3, -0.25) is 5.10 Å². The molecule has 6 heteroatoms. The molecule has 0 amide bonds. The van der Waals surface area contributed by atoms with Crippen LogP contribution in [-0.4, -0.2) is 10.2 Å². The fourth-order valence-electron chi connectivity index (χ4n) is 2.03. The molecule has 1 N–H and O–H groups in total. The second-order valence-electron chi connectivity index (χ2n) is 4.21. The van der Waals surface area contributed by atoms with E-state index < -0.39 is 17.8 Å². The number of benzene rings is 2. The van der Waals surface area contributed by atoms with Gasteiger partial charge in [0.2, 0.25) is 0 Å². The average Bonchev–Trinajstić information content (AvgIpc) is 2.87. The Balaban J connectivity index is 2.23. The molecule has 3 rings (SSSR count). The van der Waals surface area contributed by atoms with Crippen molar-refractivity contribution in [3.63, 3.8) is 0 Å². The number of nitrogens with zero attached hydrogens (tertiary/aromatic N) is 1. The first-order valence-corrected chi connectivity index (χ1v) is 6.07. The van der Waals surface area contributed by atoms with Crippen LogP contribution in [0.1, 0.15) is 12.0 Å². The Bertz CT molecular complexity index is 783. The standard InChI is InChI=1S/C14H7ClF3N2/c15-11-5-7(4-8-6-19-20-13(8)11)9-2-1-3-10(12(9)16)14(17)18/h1,3-6,14H,(H,19,20). The fraction of sp³-hybridized carbons (Fsp3) is 0.0714. The Morgan fingerprint density at radius 2 is 2.10 bits per heavy atom. The van der Waals surface area contributed by atoms with Gasteiger partial charge in [-0.1, -0.05) is 17.7 Å². The van der Waals surface area contributed by atoms with Gasteiger partial charge in [0.05, 0.1) is 22.3 Å². The highest BCUT2D eigenvalue weighted by atomic mass is 35.5. The molecule has 3 aromatic rings. The van der Waals surface area contributed by atoms with E-state index in [1.807, 2.05) is 0 Å². The molecule has 2 nitrogen and oxygen atoms in total. The van der Waals surface area contributed by atoms with Gasteiger partial charge in [0.1, 0.15) is 5.82 Å². The third-order valence-corrected chi connectivity index (χ3v) is 3.29. The maximum Gasteiger partial charge on any atom is 0.266 e. The molecule has 1 heterocycles.